The van der Waals surface area contributed by atoms with Gasteiger partial charge >= 0.3 is 5.97 Å². The molecule has 0 aliphatic carbocycles. The van der Waals surface area contributed by atoms with Gasteiger partial charge in [-0.3, -0.25) is 14.3 Å². The maximum absolute atomic E-state index is 13.0. The molecule has 0 saturated carbocycles. The van der Waals surface area contributed by atoms with E-state index < -0.39 is 33.8 Å². The molecule has 1 amide bonds. The molecule has 3 aromatic carbocycles. The third kappa shape index (κ3) is 5.92. The summed E-state index contributed by atoms with van der Waals surface area (Å²) in [4.78, 5) is 24.4. The zero-order chi connectivity index (χ0) is 23.1. The van der Waals surface area contributed by atoms with Crippen molar-refractivity contribution in [2.75, 3.05) is 11.8 Å². The van der Waals surface area contributed by atoms with Crippen molar-refractivity contribution in [2.45, 2.75) is 17.4 Å². The number of esters is 1. The van der Waals surface area contributed by atoms with E-state index in [4.69, 9.17) is 4.74 Å². The Morgan fingerprint density at radius 2 is 1.56 bits per heavy atom. The maximum Gasteiger partial charge on any atom is 0.307 e. The van der Waals surface area contributed by atoms with Gasteiger partial charge in [0.15, 0.2) is 0 Å². The molecule has 9 heteroatoms. The summed E-state index contributed by atoms with van der Waals surface area (Å²) in [5.74, 6) is -1.44. The summed E-state index contributed by atoms with van der Waals surface area (Å²) < 4.78 is 45.1. The molecule has 166 valence electrons. The standard InChI is InChI=1S/C23H21FN2O5S/c1-31-22(27)15-21(16-5-3-2-4-6-16)25-23(28)17-7-13-20(14-8-17)32(29,30)26-19-11-9-18(24)10-12-19/h2-14,21,26H,15H2,1H3,(H,25,28). The van der Waals surface area contributed by atoms with Gasteiger partial charge in [0, 0.05) is 11.3 Å². The van der Waals surface area contributed by atoms with E-state index in [1.54, 1.807) is 24.3 Å². The number of amides is 1. The van der Waals surface area contributed by atoms with Gasteiger partial charge in [0.2, 0.25) is 0 Å². The van der Waals surface area contributed by atoms with E-state index in [-0.39, 0.29) is 22.6 Å². The second-order valence-corrected chi connectivity index (χ2v) is 8.54. The summed E-state index contributed by atoms with van der Waals surface area (Å²) in [5, 5.41) is 2.78. The van der Waals surface area contributed by atoms with Crippen LogP contribution in [0.4, 0.5) is 10.1 Å². The number of anilines is 1. The first kappa shape index (κ1) is 23.0. The lowest BCUT2D eigenvalue weighted by molar-refractivity contribution is -0.141. The lowest BCUT2D eigenvalue weighted by Crippen LogP contribution is -2.30. The summed E-state index contributed by atoms with van der Waals surface area (Å²) >= 11 is 0. The molecule has 0 fully saturated rings. The van der Waals surface area contributed by atoms with Gasteiger partial charge in [0.25, 0.3) is 15.9 Å². The average molecular weight is 456 g/mol. The zero-order valence-electron chi connectivity index (χ0n) is 17.1. The van der Waals surface area contributed by atoms with Crippen LogP contribution in [0.3, 0.4) is 0 Å². The number of halogens is 1. The zero-order valence-corrected chi connectivity index (χ0v) is 17.9. The number of carbonyl (C=O) groups excluding carboxylic acids is 2. The number of carbonyl (C=O) groups is 2. The molecule has 0 radical (unpaired) electrons. The number of sulfonamides is 1. The molecule has 32 heavy (non-hydrogen) atoms. The molecule has 0 saturated heterocycles. The average Bonchev–Trinajstić information content (AvgIpc) is 2.80. The topological polar surface area (TPSA) is 102 Å². The monoisotopic (exact) mass is 456 g/mol. The highest BCUT2D eigenvalue weighted by molar-refractivity contribution is 7.92. The number of methoxy groups -OCH3 is 1. The van der Waals surface area contributed by atoms with Crippen molar-refractivity contribution in [1.29, 1.82) is 0 Å². The number of benzene rings is 3. The predicted octanol–water partition coefficient (Wildman–Crippen LogP) is 3.66. The molecule has 0 aliphatic heterocycles. The SMILES string of the molecule is COC(=O)CC(NC(=O)c1ccc(S(=O)(=O)Nc2ccc(F)cc2)cc1)c1ccccc1. The molecule has 0 bridgehead atoms. The van der Waals surface area contributed by atoms with E-state index in [0.29, 0.717) is 0 Å². The Morgan fingerprint density at radius 3 is 2.16 bits per heavy atom. The summed E-state index contributed by atoms with van der Waals surface area (Å²) in [7, 11) is -2.65. The fraction of sp³-hybridized carbons (Fsp3) is 0.130. The normalized spacial score (nSPS) is 11.9. The second kappa shape index (κ2) is 10.1. The van der Waals surface area contributed by atoms with Crippen LogP contribution in [-0.2, 0) is 19.6 Å². The fourth-order valence-corrected chi connectivity index (χ4v) is 4.01. The predicted molar refractivity (Wildman–Crippen MR) is 117 cm³/mol. The van der Waals surface area contributed by atoms with Crippen LogP contribution < -0.4 is 10.0 Å². The van der Waals surface area contributed by atoms with Crippen molar-refractivity contribution < 1.29 is 27.1 Å². The van der Waals surface area contributed by atoms with Crippen LogP contribution in [0.25, 0.3) is 0 Å². The highest BCUT2D eigenvalue weighted by atomic mass is 32.2. The molecule has 7 nitrogen and oxygen atoms in total. The minimum absolute atomic E-state index is 0.0553. The van der Waals surface area contributed by atoms with E-state index in [2.05, 4.69) is 10.0 Å². The van der Waals surface area contributed by atoms with Crippen LogP contribution in [0, 0.1) is 5.82 Å². The van der Waals surface area contributed by atoms with E-state index in [9.17, 15) is 22.4 Å². The largest absolute Gasteiger partial charge is 0.469 e. The highest BCUT2D eigenvalue weighted by Gasteiger charge is 2.20. The van der Waals surface area contributed by atoms with Crippen LogP contribution in [0.2, 0.25) is 0 Å². The Kier molecular flexibility index (Phi) is 7.21. The Labute approximate surface area is 185 Å². The molecule has 1 unspecified atom stereocenters. The third-order valence-corrected chi connectivity index (χ3v) is 6.03. The first-order valence-electron chi connectivity index (χ1n) is 9.59. The second-order valence-electron chi connectivity index (χ2n) is 6.85. The minimum Gasteiger partial charge on any atom is -0.469 e. The summed E-state index contributed by atoms with van der Waals surface area (Å²) in [5.41, 5.74) is 1.16. The summed E-state index contributed by atoms with van der Waals surface area (Å²) in [6, 6.07) is 18.6. The third-order valence-electron chi connectivity index (χ3n) is 4.63. The quantitative estimate of drug-likeness (QED) is 0.504. The molecule has 0 aliphatic rings. The molecule has 2 N–H and O–H groups in total. The van der Waals surface area contributed by atoms with E-state index in [0.717, 1.165) is 17.7 Å². The van der Waals surface area contributed by atoms with Crippen LogP contribution in [0.15, 0.2) is 83.8 Å². The molecular formula is C23H21FN2O5S. The first-order valence-corrected chi connectivity index (χ1v) is 11.1. The van der Waals surface area contributed by atoms with Gasteiger partial charge in [-0.05, 0) is 54.1 Å². The van der Waals surface area contributed by atoms with Crippen molar-refractivity contribution in [2.24, 2.45) is 0 Å². The minimum atomic E-state index is -3.92. The Hall–Kier alpha value is -3.72. The van der Waals surface area contributed by atoms with Crippen LogP contribution in [0.5, 0.6) is 0 Å². The molecule has 0 heterocycles. The summed E-state index contributed by atoms with van der Waals surface area (Å²) in [6.07, 6.45) is -0.0553. The fourth-order valence-electron chi connectivity index (χ4n) is 2.95. The van der Waals surface area contributed by atoms with Crippen molar-refractivity contribution in [1.82, 2.24) is 5.32 Å². The van der Waals surface area contributed by atoms with Crippen molar-refractivity contribution >= 4 is 27.6 Å². The molecule has 3 rings (SSSR count). The Morgan fingerprint density at radius 1 is 0.938 bits per heavy atom. The number of hydrogen-bond acceptors (Lipinski definition) is 5. The van der Waals surface area contributed by atoms with Crippen LogP contribution in [0.1, 0.15) is 28.4 Å². The van der Waals surface area contributed by atoms with Gasteiger partial charge in [0.05, 0.1) is 24.5 Å². The van der Waals surface area contributed by atoms with Gasteiger partial charge in [0.1, 0.15) is 5.82 Å². The maximum atomic E-state index is 13.0. The van der Waals surface area contributed by atoms with E-state index >= 15 is 0 Å². The number of nitrogens with one attached hydrogen (secondary N) is 2. The lowest BCUT2D eigenvalue weighted by atomic mass is 10.0. The van der Waals surface area contributed by atoms with Gasteiger partial charge in [-0.15, -0.1) is 0 Å². The van der Waals surface area contributed by atoms with Gasteiger partial charge in [-0.1, -0.05) is 30.3 Å². The smallest absolute Gasteiger partial charge is 0.307 e. The highest BCUT2D eigenvalue weighted by Crippen LogP contribution is 2.20. The van der Waals surface area contributed by atoms with E-state index in [1.807, 2.05) is 6.07 Å². The van der Waals surface area contributed by atoms with Crippen molar-refractivity contribution in [3.8, 4) is 0 Å². The van der Waals surface area contributed by atoms with Crippen molar-refractivity contribution in [3.63, 3.8) is 0 Å². The molecule has 0 spiro atoms. The van der Waals surface area contributed by atoms with Gasteiger partial charge < -0.3 is 10.1 Å². The van der Waals surface area contributed by atoms with Gasteiger partial charge in [-0.2, -0.15) is 0 Å². The van der Waals surface area contributed by atoms with Crippen molar-refractivity contribution in [3.05, 3.63) is 95.8 Å². The molecule has 3 aromatic rings. The molecular weight excluding hydrogens is 435 g/mol. The molecule has 0 aromatic heterocycles. The Balaban J connectivity index is 1.74. The molecule has 1 atom stereocenters. The Bertz CT molecular complexity index is 1180. The van der Waals surface area contributed by atoms with Crippen LogP contribution >= 0.6 is 0 Å². The lowest BCUT2D eigenvalue weighted by Gasteiger charge is -2.18. The summed E-state index contributed by atoms with van der Waals surface area (Å²) in [6.45, 7) is 0. The van der Waals surface area contributed by atoms with Crippen LogP contribution in [-0.4, -0.2) is 27.4 Å². The van der Waals surface area contributed by atoms with Gasteiger partial charge in [-0.25, -0.2) is 12.8 Å². The first-order chi connectivity index (χ1) is 15.3. The number of rotatable bonds is 8. The van der Waals surface area contributed by atoms with E-state index in [1.165, 1.54) is 43.5 Å². The number of hydrogen-bond donors (Lipinski definition) is 2. The number of ether oxygens (including phenoxy) is 1.